The van der Waals surface area contributed by atoms with Crippen LogP contribution in [0.3, 0.4) is 0 Å². The van der Waals surface area contributed by atoms with Gasteiger partial charge in [-0.3, -0.25) is 0 Å². The summed E-state index contributed by atoms with van der Waals surface area (Å²) >= 11 is 0. The molecular weight excluding hydrogens is 272 g/mol. The second-order valence-electron chi connectivity index (χ2n) is 5.67. The number of carboxylic acids is 1. The Morgan fingerprint density at radius 2 is 2.14 bits per heavy atom. The molecule has 0 aromatic heterocycles. The Morgan fingerprint density at radius 3 is 2.81 bits per heavy atom. The highest BCUT2D eigenvalue weighted by Gasteiger charge is 2.41. The average Bonchev–Trinajstić information content (AvgIpc) is 2.94. The summed E-state index contributed by atoms with van der Waals surface area (Å²) < 4.78 is 16.7. The second kappa shape index (κ2) is 5.66. The minimum absolute atomic E-state index is 0.211. The van der Waals surface area contributed by atoms with Crippen LogP contribution in [0.25, 0.3) is 0 Å². The lowest BCUT2D eigenvalue weighted by atomic mass is 9.80. The maximum Gasteiger partial charge on any atom is 0.339 e. The van der Waals surface area contributed by atoms with Crippen LogP contribution in [0.1, 0.15) is 47.5 Å². The number of rotatable bonds is 3. The third-order valence-corrected chi connectivity index (χ3v) is 4.41. The van der Waals surface area contributed by atoms with Gasteiger partial charge in [-0.05, 0) is 36.5 Å². The standard InChI is InChI=1S/C16H20O5/c1-19-14-5-4-11(9-13(14)15(17)18)12-3-2-6-16(10-12)20-7-8-21-16/h4-5,9,12H,2-3,6-8,10H2,1H3,(H,17,18). The molecule has 3 rings (SSSR count). The van der Waals surface area contributed by atoms with Gasteiger partial charge in [-0.15, -0.1) is 0 Å². The minimum atomic E-state index is -0.965. The summed E-state index contributed by atoms with van der Waals surface area (Å²) in [6, 6.07) is 5.40. The van der Waals surface area contributed by atoms with Crippen LogP contribution in [0.4, 0.5) is 0 Å². The van der Waals surface area contributed by atoms with Gasteiger partial charge in [-0.1, -0.05) is 6.07 Å². The molecule has 21 heavy (non-hydrogen) atoms. The number of hydrogen-bond acceptors (Lipinski definition) is 4. The predicted molar refractivity (Wildman–Crippen MR) is 75.8 cm³/mol. The highest BCUT2D eigenvalue weighted by atomic mass is 16.7. The molecule has 1 N–H and O–H groups in total. The van der Waals surface area contributed by atoms with Gasteiger partial charge < -0.3 is 19.3 Å². The van der Waals surface area contributed by atoms with Crippen molar-refractivity contribution >= 4 is 5.97 Å². The van der Waals surface area contributed by atoms with Gasteiger partial charge in [0.15, 0.2) is 5.79 Å². The summed E-state index contributed by atoms with van der Waals surface area (Å²) in [5, 5.41) is 9.30. The number of aromatic carboxylic acids is 1. The largest absolute Gasteiger partial charge is 0.496 e. The molecule has 1 saturated heterocycles. The normalized spacial score (nSPS) is 24.1. The first-order valence-electron chi connectivity index (χ1n) is 7.33. The molecule has 1 unspecified atom stereocenters. The highest BCUT2D eigenvalue weighted by molar-refractivity contribution is 5.91. The third-order valence-electron chi connectivity index (χ3n) is 4.41. The maximum atomic E-state index is 11.3. The number of benzene rings is 1. The van der Waals surface area contributed by atoms with E-state index in [9.17, 15) is 9.90 Å². The third kappa shape index (κ3) is 2.76. The van der Waals surface area contributed by atoms with Gasteiger partial charge in [-0.25, -0.2) is 4.79 Å². The van der Waals surface area contributed by atoms with Crippen LogP contribution in [0.5, 0.6) is 5.75 Å². The lowest BCUT2D eigenvalue weighted by Gasteiger charge is -2.36. The number of carbonyl (C=O) groups is 1. The summed E-state index contributed by atoms with van der Waals surface area (Å²) in [6.45, 7) is 1.30. The van der Waals surface area contributed by atoms with E-state index in [1.54, 1.807) is 12.1 Å². The first kappa shape index (κ1) is 14.4. The van der Waals surface area contributed by atoms with Crippen LogP contribution in [-0.2, 0) is 9.47 Å². The van der Waals surface area contributed by atoms with E-state index in [0.717, 1.165) is 31.2 Å². The molecule has 2 aliphatic rings. The number of ether oxygens (including phenoxy) is 3. The van der Waals surface area contributed by atoms with E-state index >= 15 is 0 Å². The van der Waals surface area contributed by atoms with Crippen molar-refractivity contribution in [3.63, 3.8) is 0 Å². The van der Waals surface area contributed by atoms with Crippen LogP contribution in [-0.4, -0.2) is 37.2 Å². The second-order valence-corrected chi connectivity index (χ2v) is 5.67. The molecule has 1 aliphatic heterocycles. The molecule has 0 bridgehead atoms. The van der Waals surface area contributed by atoms with Crippen LogP contribution in [0.2, 0.25) is 0 Å². The zero-order chi connectivity index (χ0) is 14.9. The Hall–Kier alpha value is -1.59. The van der Waals surface area contributed by atoms with Crippen LogP contribution in [0.15, 0.2) is 18.2 Å². The molecule has 1 heterocycles. The molecule has 114 valence electrons. The molecule has 1 atom stereocenters. The lowest BCUT2D eigenvalue weighted by molar-refractivity contribution is -0.180. The Labute approximate surface area is 123 Å². The van der Waals surface area contributed by atoms with E-state index in [4.69, 9.17) is 14.2 Å². The maximum absolute atomic E-state index is 11.3. The van der Waals surface area contributed by atoms with E-state index < -0.39 is 11.8 Å². The first-order chi connectivity index (χ1) is 10.1. The van der Waals surface area contributed by atoms with Crippen molar-refractivity contribution in [2.45, 2.75) is 37.4 Å². The van der Waals surface area contributed by atoms with Crippen molar-refractivity contribution in [3.05, 3.63) is 29.3 Å². The molecular formula is C16H20O5. The summed E-state index contributed by atoms with van der Waals surface area (Å²) in [5.41, 5.74) is 1.23. The van der Waals surface area contributed by atoms with Gasteiger partial charge >= 0.3 is 5.97 Å². The molecule has 1 aliphatic carbocycles. The predicted octanol–water partition coefficient (Wildman–Crippen LogP) is 2.79. The Kier molecular flexibility index (Phi) is 3.87. The zero-order valence-electron chi connectivity index (χ0n) is 12.1. The fourth-order valence-electron chi connectivity index (χ4n) is 3.39. The van der Waals surface area contributed by atoms with Crippen molar-refractivity contribution in [2.75, 3.05) is 20.3 Å². The fourth-order valence-corrected chi connectivity index (χ4v) is 3.39. The van der Waals surface area contributed by atoms with E-state index in [1.807, 2.05) is 6.07 Å². The van der Waals surface area contributed by atoms with Crippen molar-refractivity contribution in [2.24, 2.45) is 0 Å². The van der Waals surface area contributed by atoms with Gasteiger partial charge in [0.25, 0.3) is 0 Å². The number of carboxylic acid groups (broad SMARTS) is 1. The fraction of sp³-hybridized carbons (Fsp3) is 0.562. The highest BCUT2D eigenvalue weighted by Crippen LogP contribution is 2.43. The monoisotopic (exact) mass is 292 g/mol. The molecule has 5 nitrogen and oxygen atoms in total. The molecule has 0 radical (unpaired) electrons. The smallest absolute Gasteiger partial charge is 0.339 e. The first-order valence-corrected chi connectivity index (χ1v) is 7.33. The Morgan fingerprint density at radius 1 is 1.38 bits per heavy atom. The van der Waals surface area contributed by atoms with Gasteiger partial charge in [0, 0.05) is 12.8 Å². The molecule has 1 spiro atoms. The topological polar surface area (TPSA) is 65.0 Å². The molecule has 2 fully saturated rings. The van der Waals surface area contributed by atoms with Crippen molar-refractivity contribution in [1.82, 2.24) is 0 Å². The molecule has 1 aromatic carbocycles. The van der Waals surface area contributed by atoms with Crippen LogP contribution >= 0.6 is 0 Å². The average molecular weight is 292 g/mol. The summed E-state index contributed by atoms with van der Waals surface area (Å²) in [7, 11) is 1.48. The summed E-state index contributed by atoms with van der Waals surface area (Å²) in [4.78, 5) is 11.3. The lowest BCUT2D eigenvalue weighted by Crippen LogP contribution is -2.35. The Balaban J connectivity index is 1.86. The van der Waals surface area contributed by atoms with Gasteiger partial charge in [0.2, 0.25) is 0 Å². The van der Waals surface area contributed by atoms with E-state index in [1.165, 1.54) is 7.11 Å². The number of hydrogen-bond donors (Lipinski definition) is 1. The van der Waals surface area contributed by atoms with Gasteiger partial charge in [0.1, 0.15) is 11.3 Å². The quantitative estimate of drug-likeness (QED) is 0.928. The van der Waals surface area contributed by atoms with Crippen molar-refractivity contribution in [3.8, 4) is 5.75 Å². The molecule has 1 aromatic rings. The molecule has 5 heteroatoms. The minimum Gasteiger partial charge on any atom is -0.496 e. The Bertz CT molecular complexity index is 533. The number of methoxy groups -OCH3 is 1. The van der Waals surface area contributed by atoms with Crippen LogP contribution < -0.4 is 4.74 Å². The van der Waals surface area contributed by atoms with E-state index in [2.05, 4.69) is 0 Å². The summed E-state index contributed by atoms with van der Waals surface area (Å²) in [5.74, 6) is -0.759. The van der Waals surface area contributed by atoms with E-state index in [0.29, 0.717) is 19.0 Å². The molecule has 1 saturated carbocycles. The molecule has 0 amide bonds. The summed E-state index contributed by atoms with van der Waals surface area (Å²) in [6.07, 6.45) is 3.77. The van der Waals surface area contributed by atoms with Gasteiger partial charge in [-0.2, -0.15) is 0 Å². The van der Waals surface area contributed by atoms with Gasteiger partial charge in [0.05, 0.1) is 20.3 Å². The van der Waals surface area contributed by atoms with Crippen molar-refractivity contribution in [1.29, 1.82) is 0 Å². The van der Waals surface area contributed by atoms with E-state index in [-0.39, 0.29) is 11.5 Å². The van der Waals surface area contributed by atoms with Crippen molar-refractivity contribution < 1.29 is 24.1 Å². The zero-order valence-corrected chi connectivity index (χ0v) is 12.1. The van der Waals surface area contributed by atoms with Crippen LogP contribution in [0, 0.1) is 0 Å². The SMILES string of the molecule is COc1ccc(C2CCCC3(C2)OCCO3)cc1C(=O)O.